The van der Waals surface area contributed by atoms with Crippen molar-refractivity contribution in [1.29, 1.82) is 0 Å². The summed E-state index contributed by atoms with van der Waals surface area (Å²) in [5, 5.41) is 15.5. The van der Waals surface area contributed by atoms with Crippen LogP contribution < -0.4 is 0 Å². The highest BCUT2D eigenvalue weighted by atomic mass is 35.5. The van der Waals surface area contributed by atoms with E-state index in [4.69, 9.17) is 11.6 Å². The predicted molar refractivity (Wildman–Crippen MR) is 79.3 cm³/mol. The quantitative estimate of drug-likeness (QED) is 0.643. The molecular formula is C14H15ClN4O2. The molecule has 6 nitrogen and oxygen atoms in total. The molecule has 0 spiro atoms. The van der Waals surface area contributed by atoms with Crippen LogP contribution >= 0.6 is 11.6 Å². The van der Waals surface area contributed by atoms with Crippen LogP contribution in [0.4, 0.5) is 5.69 Å². The fraction of sp³-hybridized carbons (Fsp3) is 0.357. The molecular weight excluding hydrogens is 292 g/mol. The molecule has 0 atom stereocenters. The van der Waals surface area contributed by atoms with Crippen molar-refractivity contribution in [2.24, 2.45) is 0 Å². The molecule has 110 valence electrons. The summed E-state index contributed by atoms with van der Waals surface area (Å²) in [6.45, 7) is 3.26. The van der Waals surface area contributed by atoms with Gasteiger partial charge in [0.05, 0.1) is 11.5 Å². The van der Waals surface area contributed by atoms with Crippen LogP contribution in [0.2, 0.25) is 5.02 Å². The van der Waals surface area contributed by atoms with Crippen LogP contribution in [0.3, 0.4) is 0 Å². The minimum absolute atomic E-state index is 0.0331. The second-order valence-corrected chi connectivity index (χ2v) is 5.53. The largest absolute Gasteiger partial charge is 0.306 e. The third kappa shape index (κ3) is 3.06. The number of hydrogen-bond donors (Lipinski definition) is 0. The van der Waals surface area contributed by atoms with E-state index in [2.05, 4.69) is 16.1 Å². The number of benzene rings is 1. The topological polar surface area (TPSA) is 64.2 Å². The molecule has 0 fully saturated rings. The van der Waals surface area contributed by atoms with Gasteiger partial charge in [0.25, 0.3) is 0 Å². The number of fused-ring (bicyclic) bond motifs is 1. The molecule has 1 aromatic carbocycles. The third-order valence-electron chi connectivity index (χ3n) is 3.76. The van der Waals surface area contributed by atoms with Crippen molar-refractivity contribution in [3.05, 3.63) is 56.9 Å². The molecule has 0 amide bonds. The molecule has 0 saturated carbocycles. The predicted octanol–water partition coefficient (Wildman–Crippen LogP) is 2.50. The molecule has 3 rings (SSSR count). The van der Waals surface area contributed by atoms with Crippen LogP contribution in [0.5, 0.6) is 0 Å². The Morgan fingerprint density at radius 3 is 3.00 bits per heavy atom. The second kappa shape index (κ2) is 5.83. The first-order chi connectivity index (χ1) is 10.1. The summed E-state index contributed by atoms with van der Waals surface area (Å²) in [6.07, 6.45) is 3.69. The lowest BCUT2D eigenvalue weighted by atomic mass is 10.00. The van der Waals surface area contributed by atoms with Crippen LogP contribution in [0.15, 0.2) is 30.6 Å². The summed E-state index contributed by atoms with van der Waals surface area (Å²) in [5.41, 5.74) is 2.54. The first-order valence-corrected chi connectivity index (χ1v) is 7.17. The molecule has 0 bridgehead atoms. The van der Waals surface area contributed by atoms with Crippen molar-refractivity contribution < 1.29 is 4.92 Å². The average Bonchev–Trinajstić information content (AvgIpc) is 2.94. The molecule has 2 aromatic rings. The normalized spacial score (nSPS) is 14.9. The standard InChI is InChI=1S/C14H15ClN4O2/c15-14-3-1-2-11-9-17(5-4-13(11)14)6-7-18-10-12(8-16-18)19(20)21/h1-3,8,10H,4-7,9H2. The van der Waals surface area contributed by atoms with Gasteiger partial charge in [-0.2, -0.15) is 5.10 Å². The Morgan fingerprint density at radius 1 is 1.38 bits per heavy atom. The maximum atomic E-state index is 10.6. The number of nitrogens with zero attached hydrogens (tertiary/aromatic N) is 4. The number of hydrogen-bond acceptors (Lipinski definition) is 4. The Labute approximate surface area is 127 Å². The summed E-state index contributed by atoms with van der Waals surface area (Å²) in [4.78, 5) is 12.5. The van der Waals surface area contributed by atoms with Crippen molar-refractivity contribution in [2.75, 3.05) is 13.1 Å². The second-order valence-electron chi connectivity index (χ2n) is 5.12. The zero-order chi connectivity index (χ0) is 14.8. The van der Waals surface area contributed by atoms with Gasteiger partial charge < -0.3 is 0 Å². The van der Waals surface area contributed by atoms with E-state index < -0.39 is 4.92 Å². The van der Waals surface area contributed by atoms with Gasteiger partial charge in [0.2, 0.25) is 0 Å². The van der Waals surface area contributed by atoms with Crippen LogP contribution in [0.1, 0.15) is 11.1 Å². The molecule has 0 unspecified atom stereocenters. The smallest absolute Gasteiger partial charge is 0.297 e. The lowest BCUT2D eigenvalue weighted by Crippen LogP contribution is -2.33. The zero-order valence-corrected chi connectivity index (χ0v) is 12.2. The minimum Gasteiger partial charge on any atom is -0.297 e. The van der Waals surface area contributed by atoms with Gasteiger partial charge in [-0.3, -0.25) is 19.7 Å². The maximum absolute atomic E-state index is 10.6. The summed E-state index contributed by atoms with van der Waals surface area (Å²) in [6, 6.07) is 6.01. The van der Waals surface area contributed by atoms with E-state index in [1.165, 1.54) is 23.5 Å². The highest BCUT2D eigenvalue weighted by Crippen LogP contribution is 2.25. The Morgan fingerprint density at radius 2 is 2.24 bits per heavy atom. The van der Waals surface area contributed by atoms with Crippen molar-refractivity contribution >= 4 is 17.3 Å². The molecule has 1 aliphatic heterocycles. The van der Waals surface area contributed by atoms with Crippen molar-refractivity contribution in [1.82, 2.24) is 14.7 Å². The highest BCUT2D eigenvalue weighted by molar-refractivity contribution is 6.31. The van der Waals surface area contributed by atoms with Gasteiger partial charge in [-0.1, -0.05) is 23.7 Å². The summed E-state index contributed by atoms with van der Waals surface area (Å²) in [5.74, 6) is 0. The van der Waals surface area contributed by atoms with Gasteiger partial charge >= 0.3 is 5.69 Å². The number of nitro groups is 1. The highest BCUT2D eigenvalue weighted by Gasteiger charge is 2.18. The fourth-order valence-electron chi connectivity index (χ4n) is 2.63. The van der Waals surface area contributed by atoms with E-state index >= 15 is 0 Å². The Bertz CT molecular complexity index is 671. The van der Waals surface area contributed by atoms with Gasteiger partial charge in [0.15, 0.2) is 0 Å². The molecule has 0 N–H and O–H groups in total. The number of rotatable bonds is 4. The molecule has 2 heterocycles. The van der Waals surface area contributed by atoms with Gasteiger partial charge in [0.1, 0.15) is 12.4 Å². The molecule has 1 aromatic heterocycles. The fourth-order valence-corrected chi connectivity index (χ4v) is 2.91. The number of halogens is 1. The first kappa shape index (κ1) is 14.0. The van der Waals surface area contributed by atoms with Crippen LogP contribution in [-0.4, -0.2) is 32.7 Å². The van der Waals surface area contributed by atoms with E-state index in [-0.39, 0.29) is 5.69 Å². The van der Waals surface area contributed by atoms with Crippen molar-refractivity contribution in [2.45, 2.75) is 19.5 Å². The maximum Gasteiger partial charge on any atom is 0.306 e. The zero-order valence-electron chi connectivity index (χ0n) is 11.4. The van der Waals surface area contributed by atoms with Gasteiger partial charge in [-0.15, -0.1) is 0 Å². The van der Waals surface area contributed by atoms with Crippen LogP contribution in [-0.2, 0) is 19.5 Å². The van der Waals surface area contributed by atoms with Crippen molar-refractivity contribution in [3.8, 4) is 0 Å². The molecule has 1 aliphatic rings. The van der Waals surface area contributed by atoms with E-state index in [1.807, 2.05) is 12.1 Å². The van der Waals surface area contributed by atoms with Crippen LogP contribution in [0.25, 0.3) is 0 Å². The molecule has 21 heavy (non-hydrogen) atoms. The monoisotopic (exact) mass is 306 g/mol. The molecule has 7 heteroatoms. The van der Waals surface area contributed by atoms with Gasteiger partial charge in [-0.05, 0) is 23.6 Å². The Hall–Kier alpha value is -1.92. The van der Waals surface area contributed by atoms with Gasteiger partial charge in [-0.25, -0.2) is 0 Å². The lowest BCUT2D eigenvalue weighted by Gasteiger charge is -2.29. The molecule has 0 saturated heterocycles. The summed E-state index contributed by atoms with van der Waals surface area (Å²) >= 11 is 6.20. The molecule has 0 aliphatic carbocycles. The van der Waals surface area contributed by atoms with Crippen molar-refractivity contribution in [3.63, 3.8) is 0 Å². The van der Waals surface area contributed by atoms with Gasteiger partial charge in [0, 0.05) is 24.7 Å². The summed E-state index contributed by atoms with van der Waals surface area (Å²) in [7, 11) is 0. The lowest BCUT2D eigenvalue weighted by molar-refractivity contribution is -0.385. The minimum atomic E-state index is -0.428. The number of aromatic nitrogens is 2. The third-order valence-corrected chi connectivity index (χ3v) is 4.12. The Kier molecular flexibility index (Phi) is 3.90. The van der Waals surface area contributed by atoms with E-state index in [0.29, 0.717) is 6.54 Å². The summed E-state index contributed by atoms with van der Waals surface area (Å²) < 4.78 is 1.62. The van der Waals surface area contributed by atoms with E-state index in [9.17, 15) is 10.1 Å². The van der Waals surface area contributed by atoms with E-state index in [1.54, 1.807) is 4.68 Å². The molecule has 0 radical (unpaired) electrons. The first-order valence-electron chi connectivity index (χ1n) is 6.79. The van der Waals surface area contributed by atoms with E-state index in [0.717, 1.165) is 31.1 Å². The average molecular weight is 307 g/mol. The van der Waals surface area contributed by atoms with Crippen LogP contribution in [0, 0.1) is 10.1 Å². The Balaban J connectivity index is 1.61. The SMILES string of the molecule is O=[N+]([O-])c1cnn(CCN2CCc3c(Cl)cccc3C2)c1.